The Labute approximate surface area is 169 Å². The molecule has 0 saturated heterocycles. The topological polar surface area (TPSA) is 67.2 Å². The molecule has 28 heavy (non-hydrogen) atoms. The molecule has 0 amide bonds. The summed E-state index contributed by atoms with van der Waals surface area (Å²) in [6.45, 7) is 10.8. The summed E-state index contributed by atoms with van der Waals surface area (Å²) in [6, 6.07) is 2.57. The van der Waals surface area contributed by atoms with Crippen LogP contribution in [0.25, 0.3) is 0 Å². The third-order valence-electron chi connectivity index (χ3n) is 8.44. The maximum Gasteiger partial charge on any atom is 0.185 e. The third kappa shape index (κ3) is 2.64. The first-order chi connectivity index (χ1) is 13.0. The summed E-state index contributed by atoms with van der Waals surface area (Å²) < 4.78 is 6.55. The van der Waals surface area contributed by atoms with Gasteiger partial charge in [-0.2, -0.15) is 5.26 Å². The van der Waals surface area contributed by atoms with E-state index >= 15 is 0 Å². The fourth-order valence-corrected chi connectivity index (χ4v) is 8.69. The van der Waals surface area contributed by atoms with Crippen LogP contribution in [0.1, 0.15) is 58.8 Å². The molecule has 6 atom stereocenters. The van der Waals surface area contributed by atoms with Crippen molar-refractivity contribution in [3.8, 4) is 6.07 Å². The van der Waals surface area contributed by atoms with Crippen molar-refractivity contribution in [3.63, 3.8) is 0 Å². The van der Waals surface area contributed by atoms with Gasteiger partial charge in [-0.3, -0.25) is 9.59 Å². The van der Waals surface area contributed by atoms with Gasteiger partial charge in [-0.1, -0.05) is 19.4 Å². The Hall–Kier alpha value is -1.25. The van der Waals surface area contributed by atoms with Crippen molar-refractivity contribution in [2.45, 2.75) is 84.0 Å². The number of nitriles is 1. The quantitative estimate of drug-likeness (QED) is 0.625. The smallest absolute Gasteiger partial charge is 0.185 e. The van der Waals surface area contributed by atoms with Crippen molar-refractivity contribution in [2.75, 3.05) is 0 Å². The van der Waals surface area contributed by atoms with E-state index < -0.39 is 19.3 Å². The van der Waals surface area contributed by atoms with Gasteiger partial charge in [0.15, 0.2) is 14.1 Å². The predicted octanol–water partition coefficient (Wildman–Crippen LogP) is 4.81. The van der Waals surface area contributed by atoms with Crippen LogP contribution in [0.3, 0.4) is 0 Å². The molecule has 4 aliphatic rings. The summed E-state index contributed by atoms with van der Waals surface area (Å²) in [5, 5.41) is 10.2. The monoisotopic (exact) mass is 399 g/mol. The summed E-state index contributed by atoms with van der Waals surface area (Å²) in [7, 11) is -1.94. The largest absolute Gasteiger partial charge is 0.399 e. The van der Waals surface area contributed by atoms with Crippen molar-refractivity contribution in [1.82, 2.24) is 0 Å². The average Bonchev–Trinajstić information content (AvgIpc) is 2.86. The molecule has 3 saturated carbocycles. The molecule has 0 spiro atoms. The molecule has 3 fully saturated rings. The fourth-order valence-electron chi connectivity index (χ4n) is 7.27. The van der Waals surface area contributed by atoms with Gasteiger partial charge in [0, 0.05) is 24.2 Å². The number of rotatable bonds is 2. The molecule has 0 unspecified atom stereocenters. The molecule has 0 radical (unpaired) electrons. The number of Topliss-reactive ketones (excluding diaryl/α,β-unsaturated/α-hetero) is 1. The standard InChI is InChI=1S/C23H33NO3Si/c1-21-10-8-16(25)12-15(21)6-7-17-18-9-11-23(14-24,27-28(3,4)5)22(18,2)13-19(26)20(17)21/h12,17-18,20H,6-11,13H2,1-5H3/t17-,18-,20+,21+,22+,23+/m1/s1. The highest BCUT2D eigenvalue weighted by Crippen LogP contribution is 2.67. The lowest BCUT2D eigenvalue weighted by Gasteiger charge is -2.58. The first-order valence-electron chi connectivity index (χ1n) is 10.8. The maximum atomic E-state index is 13.6. The zero-order valence-electron chi connectivity index (χ0n) is 17.9. The van der Waals surface area contributed by atoms with Crippen LogP contribution in [0.15, 0.2) is 11.6 Å². The zero-order chi connectivity index (χ0) is 20.5. The molecule has 0 bridgehead atoms. The SMILES string of the molecule is C[C@]12CCC(=O)C=C1CC[C@H]1[C@H]2C(=O)C[C@@]2(C)[C@@H]1CC[C@@]2(C#N)O[Si](C)(C)C. The second kappa shape index (κ2) is 6.12. The first kappa shape index (κ1) is 20.0. The van der Waals surface area contributed by atoms with Gasteiger partial charge in [-0.15, -0.1) is 0 Å². The molecule has 0 aliphatic heterocycles. The Morgan fingerprint density at radius 3 is 2.50 bits per heavy atom. The number of allylic oxidation sites excluding steroid dienone is 1. The summed E-state index contributed by atoms with van der Waals surface area (Å²) in [6.07, 6.45) is 7.21. The summed E-state index contributed by atoms with van der Waals surface area (Å²) in [5.74, 6) is 1.17. The second-order valence-electron chi connectivity index (χ2n) is 11.1. The molecule has 4 rings (SSSR count). The molecule has 0 heterocycles. The molecule has 5 heteroatoms. The van der Waals surface area contributed by atoms with E-state index in [-0.39, 0.29) is 17.1 Å². The number of nitrogens with zero attached hydrogens (tertiary/aromatic N) is 1. The lowest BCUT2D eigenvalue weighted by Crippen LogP contribution is -2.60. The van der Waals surface area contributed by atoms with Crippen LogP contribution in [0.2, 0.25) is 19.6 Å². The number of hydrogen-bond acceptors (Lipinski definition) is 4. The van der Waals surface area contributed by atoms with Crippen LogP contribution in [-0.4, -0.2) is 25.5 Å². The van der Waals surface area contributed by atoms with Gasteiger partial charge in [0.25, 0.3) is 0 Å². The normalized spacial score (nSPS) is 45.6. The van der Waals surface area contributed by atoms with E-state index in [9.17, 15) is 14.9 Å². The van der Waals surface area contributed by atoms with Gasteiger partial charge < -0.3 is 4.43 Å². The molecule has 152 valence electrons. The van der Waals surface area contributed by atoms with Crippen LogP contribution >= 0.6 is 0 Å². The van der Waals surface area contributed by atoms with Crippen LogP contribution in [-0.2, 0) is 14.0 Å². The molecule has 0 aromatic heterocycles. The minimum absolute atomic E-state index is 0.0000458. The number of carbonyl (C=O) groups is 2. The summed E-state index contributed by atoms with van der Waals surface area (Å²) in [5.41, 5.74) is -0.206. The first-order valence-corrected chi connectivity index (χ1v) is 14.2. The van der Waals surface area contributed by atoms with E-state index in [1.54, 1.807) is 0 Å². The van der Waals surface area contributed by atoms with Crippen molar-refractivity contribution in [3.05, 3.63) is 11.6 Å². The predicted molar refractivity (Wildman–Crippen MR) is 110 cm³/mol. The van der Waals surface area contributed by atoms with E-state index in [1.165, 1.54) is 5.57 Å². The van der Waals surface area contributed by atoms with Crippen LogP contribution in [0.5, 0.6) is 0 Å². The van der Waals surface area contributed by atoms with Crippen molar-refractivity contribution in [2.24, 2.45) is 28.6 Å². The van der Waals surface area contributed by atoms with E-state index in [4.69, 9.17) is 4.43 Å². The molecular weight excluding hydrogens is 366 g/mol. The van der Waals surface area contributed by atoms with Gasteiger partial charge in [-0.05, 0) is 75.1 Å². The number of hydrogen-bond donors (Lipinski definition) is 0. The Morgan fingerprint density at radius 2 is 1.86 bits per heavy atom. The van der Waals surface area contributed by atoms with Crippen LogP contribution < -0.4 is 0 Å². The van der Waals surface area contributed by atoms with Gasteiger partial charge in [0.05, 0.1) is 6.07 Å². The van der Waals surface area contributed by atoms with E-state index in [2.05, 4.69) is 39.6 Å². The molecule has 0 aromatic carbocycles. The molecule has 4 aliphatic carbocycles. The highest BCUT2D eigenvalue weighted by molar-refractivity contribution is 6.69. The minimum Gasteiger partial charge on any atom is -0.399 e. The van der Waals surface area contributed by atoms with E-state index in [0.29, 0.717) is 30.5 Å². The van der Waals surface area contributed by atoms with Crippen LogP contribution in [0, 0.1) is 39.9 Å². The third-order valence-corrected chi connectivity index (χ3v) is 9.40. The maximum absolute atomic E-state index is 13.6. The number of carbonyl (C=O) groups excluding carboxylic acids is 2. The van der Waals surface area contributed by atoms with E-state index in [1.807, 2.05) is 6.08 Å². The lowest BCUT2D eigenvalue weighted by atomic mass is 9.46. The van der Waals surface area contributed by atoms with Gasteiger partial charge in [0.1, 0.15) is 11.4 Å². The number of fused-ring (bicyclic) bond motifs is 5. The lowest BCUT2D eigenvalue weighted by molar-refractivity contribution is -0.152. The highest BCUT2D eigenvalue weighted by Gasteiger charge is 2.68. The molecule has 4 nitrogen and oxygen atoms in total. The van der Waals surface area contributed by atoms with Crippen molar-refractivity contribution in [1.29, 1.82) is 5.26 Å². The Kier molecular flexibility index (Phi) is 4.38. The summed E-state index contributed by atoms with van der Waals surface area (Å²) in [4.78, 5) is 25.6. The second-order valence-corrected chi connectivity index (χ2v) is 15.5. The van der Waals surface area contributed by atoms with Crippen LogP contribution in [0.4, 0.5) is 0 Å². The van der Waals surface area contributed by atoms with Gasteiger partial charge >= 0.3 is 0 Å². The Bertz CT molecular complexity index is 806. The molecule has 0 aromatic rings. The molecular formula is C23H33NO3Si. The molecule has 0 N–H and O–H groups in total. The van der Waals surface area contributed by atoms with Gasteiger partial charge in [0.2, 0.25) is 0 Å². The van der Waals surface area contributed by atoms with Crippen molar-refractivity contribution < 1.29 is 14.0 Å². The Morgan fingerprint density at radius 1 is 1.14 bits per heavy atom. The Balaban J connectivity index is 1.74. The fraction of sp³-hybridized carbons (Fsp3) is 0.783. The van der Waals surface area contributed by atoms with Crippen molar-refractivity contribution >= 4 is 19.9 Å². The summed E-state index contributed by atoms with van der Waals surface area (Å²) >= 11 is 0. The van der Waals surface area contributed by atoms with E-state index in [0.717, 1.165) is 32.1 Å². The highest BCUT2D eigenvalue weighted by atomic mass is 28.4. The van der Waals surface area contributed by atoms with Gasteiger partial charge in [-0.25, -0.2) is 0 Å². The minimum atomic E-state index is -1.94. The number of ketones is 2. The average molecular weight is 400 g/mol. The zero-order valence-corrected chi connectivity index (χ0v) is 18.9.